The predicted molar refractivity (Wildman–Crippen MR) is 80.6 cm³/mol. The van der Waals surface area contributed by atoms with Crippen LogP contribution in [0, 0.1) is 0 Å². The summed E-state index contributed by atoms with van der Waals surface area (Å²) >= 11 is 0. The van der Waals surface area contributed by atoms with E-state index in [2.05, 4.69) is 22.5 Å². The van der Waals surface area contributed by atoms with Gasteiger partial charge in [-0.25, -0.2) is 0 Å². The Bertz CT molecular complexity index is 627. The highest BCUT2D eigenvalue weighted by atomic mass is 16.2. The number of hydrogen-bond acceptors (Lipinski definition) is 3. The van der Waals surface area contributed by atoms with E-state index in [4.69, 9.17) is 0 Å². The molecule has 104 valence electrons. The van der Waals surface area contributed by atoms with Crippen LogP contribution in [-0.4, -0.2) is 23.0 Å². The van der Waals surface area contributed by atoms with E-state index < -0.39 is 5.54 Å². The van der Waals surface area contributed by atoms with Crippen LogP contribution in [0.5, 0.6) is 0 Å². The molecule has 0 aliphatic carbocycles. The standard InChI is InChI=1S/C16H19N3O/c1-2-16(8-4-9-18-16)15(20)19-14-6-3-5-12-7-10-17-11-13(12)14/h3,5-7,10-11,18H,2,4,8-9H2,1H3,(H,19,20). The van der Waals surface area contributed by atoms with E-state index in [-0.39, 0.29) is 5.91 Å². The summed E-state index contributed by atoms with van der Waals surface area (Å²) in [5.41, 5.74) is 0.423. The van der Waals surface area contributed by atoms with Crippen molar-refractivity contribution in [2.75, 3.05) is 11.9 Å². The highest BCUT2D eigenvalue weighted by Gasteiger charge is 2.39. The van der Waals surface area contributed by atoms with Crippen molar-refractivity contribution in [3.05, 3.63) is 36.7 Å². The molecule has 1 atom stereocenters. The molecule has 0 radical (unpaired) electrons. The molecule has 1 aliphatic rings. The molecule has 0 bridgehead atoms. The summed E-state index contributed by atoms with van der Waals surface area (Å²) in [5, 5.41) is 8.50. The summed E-state index contributed by atoms with van der Waals surface area (Å²) in [4.78, 5) is 16.8. The third-order valence-electron chi connectivity index (χ3n) is 4.21. The SMILES string of the molecule is CCC1(C(=O)Nc2cccc3ccncc23)CCCN1. The summed E-state index contributed by atoms with van der Waals surface area (Å²) in [6, 6.07) is 7.86. The second-order valence-electron chi connectivity index (χ2n) is 5.32. The maximum atomic E-state index is 12.6. The number of pyridine rings is 1. The lowest BCUT2D eigenvalue weighted by Crippen LogP contribution is -2.50. The van der Waals surface area contributed by atoms with Gasteiger partial charge in [-0.1, -0.05) is 19.1 Å². The van der Waals surface area contributed by atoms with E-state index in [1.54, 1.807) is 12.4 Å². The normalized spacial score (nSPS) is 22.1. The van der Waals surface area contributed by atoms with E-state index in [1.165, 1.54) is 0 Å². The number of fused-ring (bicyclic) bond motifs is 1. The van der Waals surface area contributed by atoms with E-state index in [0.29, 0.717) is 0 Å². The van der Waals surface area contributed by atoms with Crippen molar-refractivity contribution in [2.45, 2.75) is 31.7 Å². The molecule has 2 N–H and O–H groups in total. The summed E-state index contributed by atoms with van der Waals surface area (Å²) < 4.78 is 0. The van der Waals surface area contributed by atoms with Crippen LogP contribution in [0.15, 0.2) is 36.7 Å². The van der Waals surface area contributed by atoms with Gasteiger partial charge >= 0.3 is 0 Å². The fourth-order valence-corrected chi connectivity index (χ4v) is 2.93. The Morgan fingerprint density at radius 1 is 1.45 bits per heavy atom. The lowest BCUT2D eigenvalue weighted by Gasteiger charge is -2.27. The Morgan fingerprint density at radius 2 is 2.35 bits per heavy atom. The smallest absolute Gasteiger partial charge is 0.244 e. The molecule has 3 rings (SSSR count). The molecule has 2 aromatic rings. The molecular formula is C16H19N3O. The van der Waals surface area contributed by atoms with Crippen LogP contribution in [0.1, 0.15) is 26.2 Å². The molecule has 0 saturated carbocycles. The molecule has 1 fully saturated rings. The third kappa shape index (κ3) is 2.16. The number of rotatable bonds is 3. The Balaban J connectivity index is 1.91. The van der Waals surface area contributed by atoms with Gasteiger partial charge in [-0.2, -0.15) is 0 Å². The summed E-state index contributed by atoms with van der Waals surface area (Å²) in [6.07, 6.45) is 6.32. The van der Waals surface area contributed by atoms with Crippen LogP contribution < -0.4 is 10.6 Å². The minimum absolute atomic E-state index is 0.0638. The number of nitrogens with zero attached hydrogens (tertiary/aromatic N) is 1. The average molecular weight is 269 g/mol. The fraction of sp³-hybridized carbons (Fsp3) is 0.375. The van der Waals surface area contributed by atoms with Gasteiger partial charge in [-0.05, 0) is 43.3 Å². The second-order valence-corrected chi connectivity index (χ2v) is 5.32. The van der Waals surface area contributed by atoms with Crippen molar-refractivity contribution in [1.29, 1.82) is 0 Å². The van der Waals surface area contributed by atoms with Crippen LogP contribution >= 0.6 is 0 Å². The van der Waals surface area contributed by atoms with Crippen molar-refractivity contribution in [3.8, 4) is 0 Å². The van der Waals surface area contributed by atoms with Gasteiger partial charge in [0.1, 0.15) is 0 Å². The van der Waals surface area contributed by atoms with Crippen LogP contribution in [0.25, 0.3) is 10.8 Å². The number of nitrogens with one attached hydrogen (secondary N) is 2. The van der Waals surface area contributed by atoms with E-state index >= 15 is 0 Å². The molecule has 1 unspecified atom stereocenters. The Kier molecular flexibility index (Phi) is 3.40. The molecule has 1 saturated heterocycles. The number of benzene rings is 1. The highest BCUT2D eigenvalue weighted by molar-refractivity contribution is 6.05. The molecule has 4 nitrogen and oxygen atoms in total. The molecule has 0 spiro atoms. The number of hydrogen-bond donors (Lipinski definition) is 2. The Hall–Kier alpha value is -1.94. The fourth-order valence-electron chi connectivity index (χ4n) is 2.93. The van der Waals surface area contributed by atoms with Crippen LogP contribution in [0.2, 0.25) is 0 Å². The lowest BCUT2D eigenvalue weighted by atomic mass is 9.93. The predicted octanol–water partition coefficient (Wildman–Crippen LogP) is 2.71. The van der Waals surface area contributed by atoms with Gasteiger partial charge in [-0.15, -0.1) is 0 Å². The molecule has 1 aromatic carbocycles. The van der Waals surface area contributed by atoms with Crippen molar-refractivity contribution in [1.82, 2.24) is 10.3 Å². The molecule has 1 aromatic heterocycles. The van der Waals surface area contributed by atoms with Crippen LogP contribution in [0.3, 0.4) is 0 Å². The zero-order valence-electron chi connectivity index (χ0n) is 11.6. The molecular weight excluding hydrogens is 250 g/mol. The van der Waals surface area contributed by atoms with Gasteiger partial charge in [0.2, 0.25) is 5.91 Å². The van der Waals surface area contributed by atoms with Gasteiger partial charge in [-0.3, -0.25) is 9.78 Å². The zero-order chi connectivity index (χ0) is 14.0. The maximum absolute atomic E-state index is 12.6. The van der Waals surface area contributed by atoms with E-state index in [1.807, 2.05) is 24.3 Å². The molecule has 4 heteroatoms. The monoisotopic (exact) mass is 269 g/mol. The summed E-state index contributed by atoms with van der Waals surface area (Å²) in [6.45, 7) is 2.97. The Morgan fingerprint density at radius 3 is 3.10 bits per heavy atom. The van der Waals surface area contributed by atoms with Gasteiger partial charge in [0, 0.05) is 17.8 Å². The minimum Gasteiger partial charge on any atom is -0.324 e. The maximum Gasteiger partial charge on any atom is 0.244 e. The largest absolute Gasteiger partial charge is 0.324 e. The van der Waals surface area contributed by atoms with E-state index in [0.717, 1.165) is 42.3 Å². The highest BCUT2D eigenvalue weighted by Crippen LogP contribution is 2.27. The summed E-state index contributed by atoms with van der Waals surface area (Å²) in [5.74, 6) is 0.0638. The summed E-state index contributed by atoms with van der Waals surface area (Å²) in [7, 11) is 0. The molecule has 20 heavy (non-hydrogen) atoms. The average Bonchev–Trinajstić information content (AvgIpc) is 2.98. The number of carbonyl (C=O) groups excluding carboxylic acids is 1. The number of amides is 1. The van der Waals surface area contributed by atoms with Gasteiger partial charge in [0.15, 0.2) is 0 Å². The number of aromatic nitrogens is 1. The Labute approximate surface area is 118 Å². The van der Waals surface area contributed by atoms with Gasteiger partial charge in [0.05, 0.1) is 11.2 Å². The van der Waals surface area contributed by atoms with Crippen LogP contribution in [0.4, 0.5) is 5.69 Å². The lowest BCUT2D eigenvalue weighted by molar-refractivity contribution is -0.122. The number of carbonyl (C=O) groups is 1. The van der Waals surface area contributed by atoms with Crippen molar-refractivity contribution < 1.29 is 4.79 Å². The number of anilines is 1. The first-order valence-electron chi connectivity index (χ1n) is 7.14. The van der Waals surface area contributed by atoms with Crippen molar-refractivity contribution in [2.24, 2.45) is 0 Å². The van der Waals surface area contributed by atoms with Gasteiger partial charge in [0.25, 0.3) is 0 Å². The van der Waals surface area contributed by atoms with Crippen LogP contribution in [-0.2, 0) is 4.79 Å². The first-order chi connectivity index (χ1) is 9.75. The molecule has 2 heterocycles. The molecule has 1 aliphatic heterocycles. The first kappa shape index (κ1) is 13.1. The van der Waals surface area contributed by atoms with Crippen molar-refractivity contribution in [3.63, 3.8) is 0 Å². The van der Waals surface area contributed by atoms with Crippen molar-refractivity contribution >= 4 is 22.4 Å². The zero-order valence-corrected chi connectivity index (χ0v) is 11.6. The quantitative estimate of drug-likeness (QED) is 0.900. The molecule has 1 amide bonds. The minimum atomic E-state index is -0.412. The topological polar surface area (TPSA) is 54.0 Å². The van der Waals surface area contributed by atoms with Gasteiger partial charge < -0.3 is 10.6 Å². The third-order valence-corrected chi connectivity index (χ3v) is 4.21. The first-order valence-corrected chi connectivity index (χ1v) is 7.14. The van der Waals surface area contributed by atoms with E-state index in [9.17, 15) is 4.79 Å². The second kappa shape index (κ2) is 5.21.